The molecule has 0 unspecified atom stereocenters. The number of rotatable bonds is 7. The molecule has 21 heavy (non-hydrogen) atoms. The van der Waals surface area contributed by atoms with Crippen LogP contribution in [-0.4, -0.2) is 35.1 Å². The third-order valence-corrected chi connectivity index (χ3v) is 3.46. The number of aromatic nitrogens is 3. The van der Waals surface area contributed by atoms with Crippen molar-refractivity contribution in [1.82, 2.24) is 20.3 Å². The molecule has 0 atom stereocenters. The van der Waals surface area contributed by atoms with E-state index in [2.05, 4.69) is 32.1 Å². The van der Waals surface area contributed by atoms with Crippen LogP contribution in [0.4, 0.5) is 5.95 Å². The maximum Gasteiger partial charge on any atom is 0.225 e. The standard InChI is InChI=1S/C16H23N5/c1-4-17-11-15-12-19-16(20-13(15)2)21(3)10-7-14-5-8-18-9-6-14/h5-6,8-9,12,17H,4,7,10-11H2,1-3H3. The maximum atomic E-state index is 4.60. The Morgan fingerprint density at radius 1 is 1.24 bits per heavy atom. The fourth-order valence-electron chi connectivity index (χ4n) is 2.04. The van der Waals surface area contributed by atoms with Crippen LogP contribution in [0, 0.1) is 6.92 Å². The summed E-state index contributed by atoms with van der Waals surface area (Å²) in [5.74, 6) is 0.779. The molecule has 0 aliphatic heterocycles. The maximum absolute atomic E-state index is 4.60. The van der Waals surface area contributed by atoms with Crippen molar-refractivity contribution in [2.45, 2.75) is 26.8 Å². The van der Waals surface area contributed by atoms with Gasteiger partial charge in [0.2, 0.25) is 5.95 Å². The molecule has 0 saturated carbocycles. The first-order chi connectivity index (χ1) is 10.2. The number of nitrogens with one attached hydrogen (secondary N) is 1. The highest BCUT2D eigenvalue weighted by Crippen LogP contribution is 2.11. The highest BCUT2D eigenvalue weighted by molar-refractivity contribution is 5.32. The van der Waals surface area contributed by atoms with E-state index >= 15 is 0 Å². The molecule has 0 saturated heterocycles. The normalized spacial score (nSPS) is 10.6. The first kappa shape index (κ1) is 15.4. The summed E-state index contributed by atoms with van der Waals surface area (Å²) >= 11 is 0. The van der Waals surface area contributed by atoms with E-state index in [0.717, 1.165) is 43.3 Å². The third kappa shape index (κ3) is 4.49. The Kier molecular flexibility index (Phi) is 5.63. The molecular weight excluding hydrogens is 262 g/mol. The van der Waals surface area contributed by atoms with Gasteiger partial charge < -0.3 is 10.2 Å². The first-order valence-electron chi connectivity index (χ1n) is 7.34. The second-order valence-electron chi connectivity index (χ2n) is 5.09. The minimum atomic E-state index is 0.779. The van der Waals surface area contributed by atoms with Gasteiger partial charge in [-0.2, -0.15) is 0 Å². The number of aryl methyl sites for hydroxylation is 1. The largest absolute Gasteiger partial charge is 0.344 e. The van der Waals surface area contributed by atoms with E-state index < -0.39 is 0 Å². The summed E-state index contributed by atoms with van der Waals surface area (Å²) in [5.41, 5.74) is 3.47. The van der Waals surface area contributed by atoms with Crippen molar-refractivity contribution in [2.24, 2.45) is 0 Å². The molecule has 112 valence electrons. The lowest BCUT2D eigenvalue weighted by Gasteiger charge is -2.18. The van der Waals surface area contributed by atoms with Gasteiger partial charge in [-0.05, 0) is 37.6 Å². The summed E-state index contributed by atoms with van der Waals surface area (Å²) in [6.07, 6.45) is 6.53. The van der Waals surface area contributed by atoms with Gasteiger partial charge in [0.25, 0.3) is 0 Å². The van der Waals surface area contributed by atoms with Gasteiger partial charge in [-0.15, -0.1) is 0 Å². The molecular formula is C16H23N5. The Morgan fingerprint density at radius 3 is 2.67 bits per heavy atom. The zero-order valence-corrected chi connectivity index (χ0v) is 13.0. The van der Waals surface area contributed by atoms with Crippen LogP contribution in [0.15, 0.2) is 30.7 Å². The summed E-state index contributed by atoms with van der Waals surface area (Å²) in [5, 5.41) is 3.30. The molecule has 0 fully saturated rings. The molecule has 0 radical (unpaired) electrons. The van der Waals surface area contributed by atoms with Crippen molar-refractivity contribution in [2.75, 3.05) is 25.0 Å². The molecule has 0 spiro atoms. The number of hydrogen-bond donors (Lipinski definition) is 1. The van der Waals surface area contributed by atoms with Crippen LogP contribution in [-0.2, 0) is 13.0 Å². The third-order valence-electron chi connectivity index (χ3n) is 3.46. The molecule has 0 aromatic carbocycles. The quantitative estimate of drug-likeness (QED) is 0.843. The number of anilines is 1. The summed E-state index contributed by atoms with van der Waals surface area (Å²) in [6.45, 7) is 6.79. The average molecular weight is 285 g/mol. The van der Waals surface area contributed by atoms with Crippen LogP contribution in [0.3, 0.4) is 0 Å². The average Bonchev–Trinajstić information content (AvgIpc) is 2.52. The first-order valence-corrected chi connectivity index (χ1v) is 7.34. The number of likely N-dealkylation sites (N-methyl/N-ethyl adjacent to an activating group) is 1. The highest BCUT2D eigenvalue weighted by Gasteiger charge is 2.07. The molecule has 2 rings (SSSR count). The molecule has 2 aromatic heterocycles. The lowest BCUT2D eigenvalue weighted by molar-refractivity contribution is 0.713. The zero-order valence-electron chi connectivity index (χ0n) is 13.0. The summed E-state index contributed by atoms with van der Waals surface area (Å²) < 4.78 is 0. The molecule has 0 aliphatic carbocycles. The predicted molar refractivity (Wildman–Crippen MR) is 85.4 cm³/mol. The molecule has 5 heteroatoms. The van der Waals surface area contributed by atoms with Crippen molar-refractivity contribution in [3.63, 3.8) is 0 Å². The van der Waals surface area contributed by atoms with E-state index in [-0.39, 0.29) is 0 Å². The molecule has 0 amide bonds. The lowest BCUT2D eigenvalue weighted by atomic mass is 10.2. The van der Waals surface area contributed by atoms with E-state index in [1.54, 1.807) is 0 Å². The number of hydrogen-bond acceptors (Lipinski definition) is 5. The van der Waals surface area contributed by atoms with E-state index in [0.29, 0.717) is 0 Å². The molecule has 0 bridgehead atoms. The van der Waals surface area contributed by atoms with Crippen molar-refractivity contribution >= 4 is 5.95 Å². The fraction of sp³-hybridized carbons (Fsp3) is 0.438. The van der Waals surface area contributed by atoms with Gasteiger partial charge in [0, 0.05) is 50.0 Å². The van der Waals surface area contributed by atoms with Crippen molar-refractivity contribution in [3.05, 3.63) is 47.5 Å². The molecule has 0 aliphatic rings. The highest BCUT2D eigenvalue weighted by atomic mass is 15.2. The SMILES string of the molecule is CCNCc1cnc(N(C)CCc2ccncc2)nc1C. The van der Waals surface area contributed by atoms with Crippen LogP contribution in [0.5, 0.6) is 0 Å². The Labute approximate surface area is 126 Å². The number of pyridine rings is 1. The van der Waals surface area contributed by atoms with Gasteiger partial charge in [0.1, 0.15) is 0 Å². The van der Waals surface area contributed by atoms with E-state index in [4.69, 9.17) is 0 Å². The topological polar surface area (TPSA) is 53.9 Å². The van der Waals surface area contributed by atoms with Gasteiger partial charge in [0.15, 0.2) is 0 Å². The minimum Gasteiger partial charge on any atom is -0.344 e. The smallest absolute Gasteiger partial charge is 0.225 e. The molecule has 2 heterocycles. The predicted octanol–water partition coefficient (Wildman–Crippen LogP) is 1.97. The summed E-state index contributed by atoms with van der Waals surface area (Å²) in [6, 6.07) is 4.08. The molecule has 2 aromatic rings. The molecule has 5 nitrogen and oxygen atoms in total. The zero-order chi connectivity index (χ0) is 15.1. The van der Waals surface area contributed by atoms with Crippen molar-refractivity contribution in [3.8, 4) is 0 Å². The van der Waals surface area contributed by atoms with E-state index in [1.165, 1.54) is 5.56 Å². The van der Waals surface area contributed by atoms with Gasteiger partial charge in [-0.1, -0.05) is 6.92 Å². The van der Waals surface area contributed by atoms with E-state index in [1.807, 2.05) is 44.7 Å². The van der Waals surface area contributed by atoms with Crippen LogP contribution < -0.4 is 10.2 Å². The summed E-state index contributed by atoms with van der Waals surface area (Å²) in [4.78, 5) is 15.2. The van der Waals surface area contributed by atoms with Gasteiger partial charge in [0.05, 0.1) is 0 Å². The van der Waals surface area contributed by atoms with Crippen molar-refractivity contribution < 1.29 is 0 Å². The minimum absolute atomic E-state index is 0.779. The fourth-order valence-corrected chi connectivity index (χ4v) is 2.04. The van der Waals surface area contributed by atoms with Gasteiger partial charge in [-0.3, -0.25) is 4.98 Å². The Hall–Kier alpha value is -2.01. The molecule has 1 N–H and O–H groups in total. The van der Waals surface area contributed by atoms with Crippen LogP contribution in [0.2, 0.25) is 0 Å². The Bertz CT molecular complexity index is 556. The summed E-state index contributed by atoms with van der Waals surface area (Å²) in [7, 11) is 2.03. The van der Waals surface area contributed by atoms with Gasteiger partial charge in [-0.25, -0.2) is 9.97 Å². The lowest BCUT2D eigenvalue weighted by Crippen LogP contribution is -2.23. The second kappa shape index (κ2) is 7.69. The second-order valence-corrected chi connectivity index (χ2v) is 5.09. The van der Waals surface area contributed by atoms with E-state index in [9.17, 15) is 0 Å². The van der Waals surface area contributed by atoms with Crippen molar-refractivity contribution in [1.29, 1.82) is 0 Å². The van der Waals surface area contributed by atoms with Crippen LogP contribution in [0.25, 0.3) is 0 Å². The van der Waals surface area contributed by atoms with Crippen LogP contribution in [0.1, 0.15) is 23.7 Å². The monoisotopic (exact) mass is 285 g/mol. The Balaban J connectivity index is 1.96. The van der Waals surface area contributed by atoms with Gasteiger partial charge >= 0.3 is 0 Å². The van der Waals surface area contributed by atoms with Crippen LogP contribution >= 0.6 is 0 Å². The Morgan fingerprint density at radius 2 is 2.00 bits per heavy atom. The number of nitrogens with zero attached hydrogens (tertiary/aromatic N) is 4.